The van der Waals surface area contributed by atoms with Gasteiger partial charge in [-0.25, -0.2) is 4.98 Å². The predicted molar refractivity (Wildman–Crippen MR) is 101 cm³/mol. The minimum atomic E-state index is -0.378. The van der Waals surface area contributed by atoms with Gasteiger partial charge < -0.3 is 9.80 Å². The lowest BCUT2D eigenvalue weighted by Gasteiger charge is -2.19. The van der Waals surface area contributed by atoms with Crippen molar-refractivity contribution in [2.24, 2.45) is 0 Å². The lowest BCUT2D eigenvalue weighted by molar-refractivity contribution is 0.0847. The molecule has 0 aliphatic carbocycles. The van der Waals surface area contributed by atoms with E-state index in [0.717, 1.165) is 31.6 Å². The topological polar surface area (TPSA) is 77.6 Å². The molecule has 3 rings (SSSR count). The first kappa shape index (κ1) is 17.7. The molecular weight excluding hydrogens is 330 g/mol. The summed E-state index contributed by atoms with van der Waals surface area (Å²) in [4.78, 5) is 33.2. The fourth-order valence-electron chi connectivity index (χ4n) is 2.93. The molecule has 0 unspecified atom stereocenters. The predicted octanol–water partition coefficient (Wildman–Crippen LogP) is 1.82. The Hall–Kier alpha value is -3.09. The number of pyridine rings is 1. The van der Waals surface area contributed by atoms with Gasteiger partial charge in [-0.3, -0.25) is 20.4 Å². The summed E-state index contributed by atoms with van der Waals surface area (Å²) in [5.74, 6) is -0.0860. The molecule has 0 bridgehead atoms. The summed E-state index contributed by atoms with van der Waals surface area (Å²) in [5.41, 5.74) is 6.81. The third-order valence-electron chi connectivity index (χ3n) is 4.35. The zero-order valence-corrected chi connectivity index (χ0v) is 15.0. The number of anilines is 2. The van der Waals surface area contributed by atoms with Gasteiger partial charge in [0.15, 0.2) is 0 Å². The maximum Gasteiger partial charge on any atom is 0.273 e. The number of benzene rings is 1. The summed E-state index contributed by atoms with van der Waals surface area (Å²) in [6.45, 7) is 1.78. The van der Waals surface area contributed by atoms with E-state index in [1.54, 1.807) is 36.5 Å². The first-order valence-corrected chi connectivity index (χ1v) is 8.64. The molecule has 2 heterocycles. The van der Waals surface area contributed by atoms with Crippen LogP contribution in [0.5, 0.6) is 0 Å². The lowest BCUT2D eigenvalue weighted by Crippen LogP contribution is -2.42. The van der Waals surface area contributed by atoms with Gasteiger partial charge in [-0.1, -0.05) is 6.07 Å². The van der Waals surface area contributed by atoms with Crippen LogP contribution in [-0.2, 0) is 0 Å². The van der Waals surface area contributed by atoms with Gasteiger partial charge in [0.1, 0.15) is 5.82 Å². The molecule has 136 valence electrons. The van der Waals surface area contributed by atoms with Crippen molar-refractivity contribution >= 4 is 23.3 Å². The van der Waals surface area contributed by atoms with Crippen molar-refractivity contribution in [3.05, 3.63) is 53.7 Å². The van der Waals surface area contributed by atoms with Gasteiger partial charge in [-0.2, -0.15) is 0 Å². The Balaban J connectivity index is 1.67. The van der Waals surface area contributed by atoms with Crippen molar-refractivity contribution in [3.63, 3.8) is 0 Å². The van der Waals surface area contributed by atoms with Crippen molar-refractivity contribution in [1.29, 1.82) is 0 Å². The molecule has 0 spiro atoms. The summed E-state index contributed by atoms with van der Waals surface area (Å²) in [5, 5.41) is 0. The van der Waals surface area contributed by atoms with E-state index in [1.807, 2.05) is 25.1 Å². The fourth-order valence-corrected chi connectivity index (χ4v) is 2.93. The molecule has 2 aromatic rings. The van der Waals surface area contributed by atoms with Crippen LogP contribution in [0.15, 0.2) is 42.6 Å². The maximum atomic E-state index is 12.5. The van der Waals surface area contributed by atoms with Crippen LogP contribution in [-0.4, -0.2) is 44.0 Å². The number of hydrogen-bond acceptors (Lipinski definition) is 5. The Labute approximate surface area is 153 Å². The zero-order valence-electron chi connectivity index (χ0n) is 15.0. The molecule has 0 atom stereocenters. The first-order valence-electron chi connectivity index (χ1n) is 8.64. The van der Waals surface area contributed by atoms with Crippen LogP contribution in [0.3, 0.4) is 0 Å². The Bertz CT molecular complexity index is 800. The van der Waals surface area contributed by atoms with Crippen LogP contribution in [0.1, 0.15) is 33.6 Å². The number of aromatic nitrogens is 1. The Morgan fingerprint density at radius 1 is 1.04 bits per heavy atom. The Morgan fingerprint density at radius 3 is 2.50 bits per heavy atom. The van der Waals surface area contributed by atoms with Gasteiger partial charge in [0, 0.05) is 44.6 Å². The number of nitrogens with one attached hydrogen (secondary N) is 2. The summed E-state index contributed by atoms with van der Waals surface area (Å²) < 4.78 is 0. The molecule has 1 saturated heterocycles. The second-order valence-corrected chi connectivity index (χ2v) is 6.42. The van der Waals surface area contributed by atoms with Gasteiger partial charge in [-0.05, 0) is 43.2 Å². The summed E-state index contributed by atoms with van der Waals surface area (Å²) in [6.07, 6.45) is 3.86. The van der Waals surface area contributed by atoms with Gasteiger partial charge in [0.2, 0.25) is 0 Å². The molecule has 2 N–H and O–H groups in total. The SMILES string of the molecule is CN(C)c1cccc(C(=O)NNC(=O)c2cccnc2N2CCCC2)c1. The van der Waals surface area contributed by atoms with E-state index in [0.29, 0.717) is 16.9 Å². The molecular formula is C19H23N5O2. The third kappa shape index (κ3) is 3.93. The number of rotatable bonds is 4. The zero-order chi connectivity index (χ0) is 18.5. The number of hydrazine groups is 1. The van der Waals surface area contributed by atoms with Crippen LogP contribution in [0.4, 0.5) is 11.5 Å². The maximum absolute atomic E-state index is 12.5. The molecule has 1 aliphatic heterocycles. The Kier molecular flexibility index (Phi) is 5.36. The minimum absolute atomic E-state index is 0.367. The monoisotopic (exact) mass is 353 g/mol. The van der Waals surface area contributed by atoms with E-state index in [9.17, 15) is 9.59 Å². The fraction of sp³-hybridized carbons (Fsp3) is 0.316. The lowest BCUT2D eigenvalue weighted by atomic mass is 10.2. The normalized spacial score (nSPS) is 13.4. The molecule has 7 nitrogen and oxygen atoms in total. The van der Waals surface area contributed by atoms with Crippen molar-refractivity contribution in [3.8, 4) is 0 Å². The molecule has 2 amide bonds. The number of carbonyl (C=O) groups excluding carboxylic acids is 2. The summed E-state index contributed by atoms with van der Waals surface area (Å²) >= 11 is 0. The van der Waals surface area contributed by atoms with Gasteiger partial charge in [0.25, 0.3) is 11.8 Å². The average molecular weight is 353 g/mol. The van der Waals surface area contributed by atoms with E-state index >= 15 is 0 Å². The van der Waals surface area contributed by atoms with Crippen LogP contribution in [0.2, 0.25) is 0 Å². The standard InChI is InChI=1S/C19H23N5O2/c1-23(2)15-8-5-7-14(13-15)18(25)21-22-19(26)16-9-6-10-20-17(16)24-11-3-4-12-24/h5-10,13H,3-4,11-12H2,1-2H3,(H,21,25)(H,22,26). The highest BCUT2D eigenvalue weighted by molar-refractivity contribution is 6.01. The molecule has 0 radical (unpaired) electrons. The second kappa shape index (κ2) is 7.86. The second-order valence-electron chi connectivity index (χ2n) is 6.42. The highest BCUT2D eigenvalue weighted by Gasteiger charge is 2.21. The highest BCUT2D eigenvalue weighted by Crippen LogP contribution is 2.21. The molecule has 0 saturated carbocycles. The van der Waals surface area contributed by atoms with Crippen LogP contribution in [0.25, 0.3) is 0 Å². The van der Waals surface area contributed by atoms with Crippen LogP contribution in [0, 0.1) is 0 Å². The first-order chi connectivity index (χ1) is 12.6. The van der Waals surface area contributed by atoms with Crippen molar-refractivity contribution in [2.75, 3.05) is 37.0 Å². The molecule has 26 heavy (non-hydrogen) atoms. The van der Waals surface area contributed by atoms with E-state index in [2.05, 4.69) is 20.7 Å². The number of amides is 2. The smallest absolute Gasteiger partial charge is 0.273 e. The minimum Gasteiger partial charge on any atom is -0.378 e. The van der Waals surface area contributed by atoms with E-state index in [-0.39, 0.29) is 11.8 Å². The molecule has 1 aliphatic rings. The van der Waals surface area contributed by atoms with Crippen LogP contribution >= 0.6 is 0 Å². The molecule has 1 aromatic carbocycles. The largest absolute Gasteiger partial charge is 0.378 e. The van der Waals surface area contributed by atoms with E-state index < -0.39 is 0 Å². The van der Waals surface area contributed by atoms with Gasteiger partial charge in [0.05, 0.1) is 5.56 Å². The molecule has 1 fully saturated rings. The number of carbonyl (C=O) groups is 2. The third-order valence-corrected chi connectivity index (χ3v) is 4.35. The molecule has 1 aromatic heterocycles. The van der Waals surface area contributed by atoms with Crippen LogP contribution < -0.4 is 20.7 Å². The van der Waals surface area contributed by atoms with Gasteiger partial charge >= 0.3 is 0 Å². The van der Waals surface area contributed by atoms with Gasteiger partial charge in [-0.15, -0.1) is 0 Å². The highest BCUT2D eigenvalue weighted by atomic mass is 16.2. The quantitative estimate of drug-likeness (QED) is 0.820. The summed E-state index contributed by atoms with van der Waals surface area (Å²) in [6, 6.07) is 10.6. The van der Waals surface area contributed by atoms with E-state index in [1.165, 1.54) is 0 Å². The van der Waals surface area contributed by atoms with E-state index in [4.69, 9.17) is 0 Å². The van der Waals surface area contributed by atoms with Crippen molar-refractivity contribution < 1.29 is 9.59 Å². The average Bonchev–Trinajstić information content (AvgIpc) is 3.20. The van der Waals surface area contributed by atoms with Crippen molar-refractivity contribution in [1.82, 2.24) is 15.8 Å². The van der Waals surface area contributed by atoms with Crippen molar-refractivity contribution in [2.45, 2.75) is 12.8 Å². The Morgan fingerprint density at radius 2 is 1.77 bits per heavy atom. The molecule has 7 heteroatoms. The number of hydrogen-bond donors (Lipinski definition) is 2. The number of nitrogens with zero attached hydrogens (tertiary/aromatic N) is 3. The summed E-state index contributed by atoms with van der Waals surface area (Å²) in [7, 11) is 3.81.